The maximum Gasteiger partial charge on any atom is 0.435 e. The maximum absolute atomic E-state index is 13.5. The minimum atomic E-state index is -4.76. The number of hydrogen-bond acceptors (Lipinski definition) is 4. The summed E-state index contributed by atoms with van der Waals surface area (Å²) >= 11 is 6.51. The number of rotatable bonds is 8. The first kappa shape index (κ1) is 26.5. The van der Waals surface area contributed by atoms with E-state index in [4.69, 9.17) is 11.6 Å². The third-order valence-electron chi connectivity index (χ3n) is 6.45. The molecular formula is C29H23ClF3N5O. The van der Waals surface area contributed by atoms with Crippen LogP contribution in [0.1, 0.15) is 51.8 Å². The molecule has 1 fully saturated rings. The third-order valence-corrected chi connectivity index (χ3v) is 6.80. The summed E-state index contributed by atoms with van der Waals surface area (Å²) in [6.07, 6.45) is -2.42. The number of carbonyl (C=O) groups excluding carboxylic acids is 1. The number of nitriles is 1. The Balaban J connectivity index is 1.47. The van der Waals surface area contributed by atoms with Gasteiger partial charge in [0.05, 0.1) is 23.4 Å². The van der Waals surface area contributed by atoms with Crippen molar-refractivity contribution in [3.8, 4) is 11.8 Å². The molecule has 2 N–H and O–H groups in total. The fourth-order valence-corrected chi connectivity index (χ4v) is 4.54. The molecule has 3 aromatic carbocycles. The summed E-state index contributed by atoms with van der Waals surface area (Å²) in [5.74, 6) is -0.168. The molecule has 1 amide bonds. The zero-order valence-corrected chi connectivity index (χ0v) is 21.3. The van der Waals surface area contributed by atoms with Crippen LogP contribution in [0.25, 0.3) is 5.69 Å². The number of halogens is 4. The highest BCUT2D eigenvalue weighted by molar-refractivity contribution is 6.31. The smallest absolute Gasteiger partial charge is 0.321 e. The van der Waals surface area contributed by atoms with Crippen LogP contribution in [0.4, 0.5) is 18.9 Å². The zero-order chi connectivity index (χ0) is 27.6. The quantitative estimate of drug-likeness (QED) is 0.254. The lowest BCUT2D eigenvalue weighted by molar-refractivity contribution is -0.141. The van der Waals surface area contributed by atoms with Crippen LogP contribution < -0.4 is 10.6 Å². The van der Waals surface area contributed by atoms with Crippen LogP contribution in [-0.4, -0.2) is 22.2 Å². The first-order valence-corrected chi connectivity index (χ1v) is 12.7. The first-order chi connectivity index (χ1) is 18.7. The molecule has 1 saturated carbocycles. The van der Waals surface area contributed by atoms with Crippen molar-refractivity contribution in [1.29, 1.82) is 5.26 Å². The lowest BCUT2D eigenvalue weighted by atomic mass is 9.97. The van der Waals surface area contributed by atoms with E-state index in [0.717, 1.165) is 22.4 Å². The number of alkyl halides is 3. The van der Waals surface area contributed by atoms with Gasteiger partial charge in [-0.1, -0.05) is 48.0 Å². The molecule has 1 aliphatic carbocycles. The van der Waals surface area contributed by atoms with Gasteiger partial charge in [-0.25, -0.2) is 4.68 Å². The molecule has 1 aromatic heterocycles. The average molecular weight is 550 g/mol. The average Bonchev–Trinajstić information content (AvgIpc) is 3.63. The van der Waals surface area contributed by atoms with Gasteiger partial charge in [-0.2, -0.15) is 23.5 Å². The molecule has 4 aromatic rings. The molecule has 39 heavy (non-hydrogen) atoms. The van der Waals surface area contributed by atoms with E-state index in [-0.39, 0.29) is 23.0 Å². The summed E-state index contributed by atoms with van der Waals surface area (Å²) < 4.78 is 41.5. The Morgan fingerprint density at radius 3 is 2.56 bits per heavy atom. The Bertz CT molecular complexity index is 1560. The summed E-state index contributed by atoms with van der Waals surface area (Å²) in [4.78, 5) is 13.3. The van der Waals surface area contributed by atoms with Crippen molar-refractivity contribution in [2.75, 3.05) is 11.9 Å². The van der Waals surface area contributed by atoms with Crippen LogP contribution in [-0.2, 0) is 6.18 Å². The second kappa shape index (κ2) is 10.9. The van der Waals surface area contributed by atoms with Crippen LogP contribution in [0.3, 0.4) is 0 Å². The Kier molecular flexibility index (Phi) is 7.42. The second-order valence-electron chi connectivity index (χ2n) is 9.37. The third kappa shape index (κ3) is 6.14. The van der Waals surface area contributed by atoms with Crippen LogP contribution in [0.15, 0.2) is 78.9 Å². The van der Waals surface area contributed by atoms with Crippen molar-refractivity contribution < 1.29 is 18.0 Å². The van der Waals surface area contributed by atoms with Gasteiger partial charge in [0.15, 0.2) is 5.69 Å². The summed E-state index contributed by atoms with van der Waals surface area (Å²) in [6.45, 7) is 0.813. The molecule has 1 atom stereocenters. The molecule has 10 heteroatoms. The van der Waals surface area contributed by atoms with Gasteiger partial charge in [0.1, 0.15) is 5.69 Å². The lowest BCUT2D eigenvalue weighted by Crippen LogP contribution is -2.25. The minimum absolute atomic E-state index is 0.159. The van der Waals surface area contributed by atoms with Gasteiger partial charge in [0.25, 0.3) is 5.91 Å². The molecule has 198 valence electrons. The van der Waals surface area contributed by atoms with Crippen LogP contribution in [0.2, 0.25) is 5.02 Å². The fourth-order valence-electron chi connectivity index (χ4n) is 4.30. The van der Waals surface area contributed by atoms with E-state index in [2.05, 4.69) is 15.7 Å². The predicted octanol–water partition coefficient (Wildman–Crippen LogP) is 6.76. The highest BCUT2D eigenvalue weighted by Crippen LogP contribution is 2.33. The van der Waals surface area contributed by atoms with Crippen molar-refractivity contribution >= 4 is 23.2 Å². The summed E-state index contributed by atoms with van der Waals surface area (Å²) in [5.41, 5.74) is 0.965. The number of nitrogens with one attached hydrogen (secondary N) is 2. The number of anilines is 1. The topological polar surface area (TPSA) is 82.7 Å². The fraction of sp³-hybridized carbons (Fsp3) is 0.207. The number of hydrogen-bond donors (Lipinski definition) is 2. The van der Waals surface area contributed by atoms with Gasteiger partial charge in [-0.3, -0.25) is 4.79 Å². The number of nitrogens with zero attached hydrogens (tertiary/aromatic N) is 3. The van der Waals surface area contributed by atoms with Crippen molar-refractivity contribution in [3.05, 3.63) is 112 Å². The molecule has 6 nitrogen and oxygen atoms in total. The van der Waals surface area contributed by atoms with Crippen LogP contribution in [0.5, 0.6) is 0 Å². The van der Waals surface area contributed by atoms with E-state index in [1.54, 1.807) is 18.2 Å². The van der Waals surface area contributed by atoms with E-state index < -0.39 is 17.8 Å². The highest BCUT2D eigenvalue weighted by atomic mass is 35.5. The van der Waals surface area contributed by atoms with E-state index in [0.29, 0.717) is 22.7 Å². The standard InChI is InChI=1S/C29H23ClF3N5O/c30-24-10-2-1-9-23(24)27(35-17-18-11-12-18)20-6-4-7-21(14-20)36-28(39)25-15-26(29(31,32)33)37-38(25)22-8-3-5-19(13-22)16-34/h1-10,13-15,18,27,35H,11-12,17H2,(H,36,39). The summed E-state index contributed by atoms with van der Waals surface area (Å²) in [6, 6.07) is 22.9. The first-order valence-electron chi connectivity index (χ1n) is 12.3. The van der Waals surface area contributed by atoms with Crippen molar-refractivity contribution in [2.45, 2.75) is 25.1 Å². The molecule has 1 heterocycles. The number of benzene rings is 3. The van der Waals surface area contributed by atoms with E-state index in [1.807, 2.05) is 36.4 Å². The minimum Gasteiger partial charge on any atom is -0.321 e. The van der Waals surface area contributed by atoms with E-state index in [9.17, 15) is 23.2 Å². The SMILES string of the molecule is N#Cc1cccc(-n2nc(C(F)(F)F)cc2C(=O)Nc2cccc(C(NCC3CC3)c3ccccc3Cl)c2)c1. The molecule has 5 rings (SSSR count). The predicted molar refractivity (Wildman–Crippen MR) is 142 cm³/mol. The molecule has 0 radical (unpaired) electrons. The Morgan fingerprint density at radius 2 is 1.85 bits per heavy atom. The van der Waals surface area contributed by atoms with Gasteiger partial charge in [0.2, 0.25) is 0 Å². The Labute approximate surface area is 228 Å². The second-order valence-corrected chi connectivity index (χ2v) is 9.78. The molecule has 0 aliphatic heterocycles. The zero-order valence-electron chi connectivity index (χ0n) is 20.5. The van der Waals surface area contributed by atoms with Crippen molar-refractivity contribution in [2.24, 2.45) is 5.92 Å². The van der Waals surface area contributed by atoms with E-state index in [1.165, 1.54) is 37.1 Å². The van der Waals surface area contributed by atoms with Crippen molar-refractivity contribution in [3.63, 3.8) is 0 Å². The number of aromatic nitrogens is 2. The van der Waals surface area contributed by atoms with Crippen molar-refractivity contribution in [1.82, 2.24) is 15.1 Å². The normalized spacial score (nSPS) is 14.0. The summed E-state index contributed by atoms with van der Waals surface area (Å²) in [5, 5.41) is 19.7. The lowest BCUT2D eigenvalue weighted by Gasteiger charge is -2.22. The largest absolute Gasteiger partial charge is 0.435 e. The molecular weight excluding hydrogens is 527 g/mol. The van der Waals surface area contributed by atoms with Gasteiger partial charge in [-0.15, -0.1) is 0 Å². The Hall–Kier alpha value is -4.13. The highest BCUT2D eigenvalue weighted by Gasteiger charge is 2.36. The monoisotopic (exact) mass is 549 g/mol. The van der Waals surface area contributed by atoms with Crippen LogP contribution >= 0.6 is 11.6 Å². The maximum atomic E-state index is 13.5. The molecule has 1 aliphatic rings. The van der Waals surface area contributed by atoms with Gasteiger partial charge in [0, 0.05) is 16.8 Å². The van der Waals surface area contributed by atoms with Gasteiger partial charge >= 0.3 is 6.18 Å². The molecule has 0 spiro atoms. The van der Waals surface area contributed by atoms with Crippen LogP contribution in [0, 0.1) is 17.2 Å². The molecule has 1 unspecified atom stereocenters. The molecule has 0 saturated heterocycles. The van der Waals surface area contributed by atoms with Gasteiger partial charge in [-0.05, 0) is 72.8 Å². The van der Waals surface area contributed by atoms with E-state index >= 15 is 0 Å². The number of carbonyl (C=O) groups is 1. The summed E-state index contributed by atoms with van der Waals surface area (Å²) in [7, 11) is 0. The van der Waals surface area contributed by atoms with Gasteiger partial charge < -0.3 is 10.6 Å². The molecule has 0 bridgehead atoms. The Morgan fingerprint density at radius 1 is 1.08 bits per heavy atom. The number of amides is 1.